The number of nitriles is 1. The molecule has 0 amide bonds. The van der Waals surface area contributed by atoms with Gasteiger partial charge in [-0.1, -0.05) is 49.2 Å². The predicted octanol–water partition coefficient (Wildman–Crippen LogP) is 4.69. The van der Waals surface area contributed by atoms with Gasteiger partial charge in [-0.15, -0.1) is 0 Å². The molecule has 102 valence electrons. The molecule has 2 aromatic rings. The van der Waals surface area contributed by atoms with Gasteiger partial charge in [-0.2, -0.15) is 5.26 Å². The standard InChI is InChI=1S/C18H19NO/c19-13-15-8-2-1-3-11-17(15)20-18-12-6-9-14-7-4-5-10-16(14)18/h4-7,9-10,12,15,17H,1-3,8,11H2. The van der Waals surface area contributed by atoms with E-state index in [4.69, 9.17) is 4.74 Å². The van der Waals surface area contributed by atoms with Crippen molar-refractivity contribution in [3.8, 4) is 11.8 Å². The fraction of sp³-hybridized carbons (Fsp3) is 0.389. The van der Waals surface area contributed by atoms with E-state index in [9.17, 15) is 5.26 Å². The number of fused-ring (bicyclic) bond motifs is 1. The Morgan fingerprint density at radius 2 is 1.75 bits per heavy atom. The summed E-state index contributed by atoms with van der Waals surface area (Å²) in [5.74, 6) is 0.937. The highest BCUT2D eigenvalue weighted by atomic mass is 16.5. The topological polar surface area (TPSA) is 33.0 Å². The van der Waals surface area contributed by atoms with Gasteiger partial charge in [-0.3, -0.25) is 0 Å². The van der Waals surface area contributed by atoms with Crippen LogP contribution in [0.3, 0.4) is 0 Å². The van der Waals surface area contributed by atoms with Gasteiger partial charge in [0.15, 0.2) is 0 Å². The number of nitrogens with zero attached hydrogens (tertiary/aromatic N) is 1. The first kappa shape index (κ1) is 13.0. The molecule has 0 N–H and O–H groups in total. The summed E-state index contributed by atoms with van der Waals surface area (Å²) in [6.45, 7) is 0. The Morgan fingerprint density at radius 3 is 2.65 bits per heavy atom. The SMILES string of the molecule is N#CC1CCCCCC1Oc1cccc2ccccc12. The van der Waals surface area contributed by atoms with Crippen molar-refractivity contribution in [2.45, 2.75) is 38.2 Å². The van der Waals surface area contributed by atoms with E-state index >= 15 is 0 Å². The van der Waals surface area contributed by atoms with Gasteiger partial charge < -0.3 is 4.74 Å². The first-order valence-electron chi connectivity index (χ1n) is 7.42. The molecule has 2 aromatic carbocycles. The lowest BCUT2D eigenvalue weighted by molar-refractivity contribution is 0.154. The van der Waals surface area contributed by atoms with Crippen molar-refractivity contribution < 1.29 is 4.74 Å². The number of rotatable bonds is 2. The Hall–Kier alpha value is -2.01. The van der Waals surface area contributed by atoms with Crippen molar-refractivity contribution in [2.75, 3.05) is 0 Å². The maximum atomic E-state index is 9.35. The van der Waals surface area contributed by atoms with Gasteiger partial charge in [0.25, 0.3) is 0 Å². The van der Waals surface area contributed by atoms with Crippen LogP contribution in [0.5, 0.6) is 5.75 Å². The molecule has 1 saturated carbocycles. The van der Waals surface area contributed by atoms with Gasteiger partial charge in [0.2, 0.25) is 0 Å². The molecule has 0 saturated heterocycles. The third kappa shape index (κ3) is 2.63. The number of hydrogen-bond donors (Lipinski definition) is 0. The lowest BCUT2D eigenvalue weighted by Gasteiger charge is -2.22. The van der Waals surface area contributed by atoms with E-state index in [-0.39, 0.29) is 12.0 Å². The monoisotopic (exact) mass is 265 g/mol. The van der Waals surface area contributed by atoms with E-state index in [0.29, 0.717) is 0 Å². The first-order chi connectivity index (χ1) is 9.88. The highest BCUT2D eigenvalue weighted by molar-refractivity contribution is 5.88. The average Bonchev–Trinajstić information content (AvgIpc) is 2.72. The molecule has 2 unspecified atom stereocenters. The van der Waals surface area contributed by atoms with Crippen LogP contribution in [0.1, 0.15) is 32.1 Å². The Labute approximate surface area is 120 Å². The van der Waals surface area contributed by atoms with E-state index in [1.807, 2.05) is 24.3 Å². The van der Waals surface area contributed by atoms with Crippen molar-refractivity contribution in [1.82, 2.24) is 0 Å². The zero-order valence-corrected chi connectivity index (χ0v) is 11.6. The summed E-state index contributed by atoms with van der Waals surface area (Å²) >= 11 is 0. The molecule has 0 aromatic heterocycles. The number of benzene rings is 2. The highest BCUT2D eigenvalue weighted by Gasteiger charge is 2.25. The van der Waals surface area contributed by atoms with Crippen molar-refractivity contribution in [1.29, 1.82) is 5.26 Å². The minimum Gasteiger partial charge on any atom is -0.488 e. The summed E-state index contributed by atoms with van der Waals surface area (Å²) in [5.41, 5.74) is 0. The molecule has 0 bridgehead atoms. The number of hydrogen-bond acceptors (Lipinski definition) is 2. The van der Waals surface area contributed by atoms with Crippen LogP contribution >= 0.6 is 0 Å². The summed E-state index contributed by atoms with van der Waals surface area (Å²) in [4.78, 5) is 0. The van der Waals surface area contributed by atoms with Crippen LogP contribution in [-0.4, -0.2) is 6.10 Å². The lowest BCUT2D eigenvalue weighted by Crippen LogP contribution is -2.25. The zero-order valence-electron chi connectivity index (χ0n) is 11.6. The maximum absolute atomic E-state index is 9.35. The molecule has 3 rings (SSSR count). The zero-order chi connectivity index (χ0) is 13.8. The molecular formula is C18H19NO. The van der Waals surface area contributed by atoms with Crippen LogP contribution in [0.15, 0.2) is 42.5 Å². The van der Waals surface area contributed by atoms with E-state index in [1.54, 1.807) is 0 Å². The molecule has 20 heavy (non-hydrogen) atoms. The lowest BCUT2D eigenvalue weighted by atomic mass is 9.99. The second kappa shape index (κ2) is 5.96. The van der Waals surface area contributed by atoms with Gasteiger partial charge >= 0.3 is 0 Å². The third-order valence-electron chi connectivity index (χ3n) is 4.15. The van der Waals surface area contributed by atoms with Crippen LogP contribution in [0.25, 0.3) is 10.8 Å². The van der Waals surface area contributed by atoms with Gasteiger partial charge in [0.05, 0.1) is 12.0 Å². The predicted molar refractivity (Wildman–Crippen MR) is 80.6 cm³/mol. The van der Waals surface area contributed by atoms with Gasteiger partial charge in [0.1, 0.15) is 11.9 Å². The van der Waals surface area contributed by atoms with Gasteiger partial charge in [0, 0.05) is 5.39 Å². The average molecular weight is 265 g/mol. The summed E-state index contributed by atoms with van der Waals surface area (Å²) in [6.07, 6.45) is 5.51. The Morgan fingerprint density at radius 1 is 0.950 bits per heavy atom. The second-order valence-corrected chi connectivity index (χ2v) is 5.51. The molecule has 0 radical (unpaired) electrons. The number of ether oxygens (including phenoxy) is 1. The summed E-state index contributed by atoms with van der Waals surface area (Å²) in [5, 5.41) is 11.7. The largest absolute Gasteiger partial charge is 0.488 e. The normalized spacial score (nSPS) is 22.9. The molecule has 1 fully saturated rings. The van der Waals surface area contributed by atoms with Crippen molar-refractivity contribution in [3.05, 3.63) is 42.5 Å². The van der Waals surface area contributed by atoms with Crippen LogP contribution in [-0.2, 0) is 0 Å². The quantitative estimate of drug-likeness (QED) is 0.738. The Bertz CT molecular complexity index is 623. The second-order valence-electron chi connectivity index (χ2n) is 5.51. The first-order valence-corrected chi connectivity index (χ1v) is 7.42. The van der Waals surface area contributed by atoms with E-state index in [2.05, 4.69) is 24.3 Å². The van der Waals surface area contributed by atoms with E-state index in [0.717, 1.165) is 36.8 Å². The summed E-state index contributed by atoms with van der Waals surface area (Å²) in [6, 6.07) is 16.8. The summed E-state index contributed by atoms with van der Waals surface area (Å²) < 4.78 is 6.23. The summed E-state index contributed by atoms with van der Waals surface area (Å²) in [7, 11) is 0. The highest BCUT2D eigenvalue weighted by Crippen LogP contribution is 2.31. The van der Waals surface area contributed by atoms with Crippen molar-refractivity contribution in [3.63, 3.8) is 0 Å². The van der Waals surface area contributed by atoms with Crippen molar-refractivity contribution >= 4 is 10.8 Å². The fourth-order valence-corrected chi connectivity index (χ4v) is 3.02. The molecule has 1 aliphatic rings. The smallest absolute Gasteiger partial charge is 0.127 e. The molecule has 0 aliphatic heterocycles. The molecule has 2 atom stereocenters. The van der Waals surface area contributed by atoms with E-state index in [1.165, 1.54) is 11.8 Å². The molecule has 0 heterocycles. The molecular weight excluding hydrogens is 246 g/mol. The Kier molecular flexibility index (Phi) is 3.87. The van der Waals surface area contributed by atoms with Crippen molar-refractivity contribution in [2.24, 2.45) is 5.92 Å². The van der Waals surface area contributed by atoms with Crippen LogP contribution in [0, 0.1) is 17.2 Å². The van der Waals surface area contributed by atoms with Gasteiger partial charge in [-0.05, 0) is 30.7 Å². The third-order valence-corrected chi connectivity index (χ3v) is 4.15. The molecule has 2 heteroatoms. The molecule has 1 aliphatic carbocycles. The van der Waals surface area contributed by atoms with Crippen LogP contribution in [0.4, 0.5) is 0 Å². The fourth-order valence-electron chi connectivity index (χ4n) is 3.02. The van der Waals surface area contributed by atoms with Crippen LogP contribution < -0.4 is 4.74 Å². The minimum absolute atomic E-state index is 0.0245. The van der Waals surface area contributed by atoms with Crippen LogP contribution in [0.2, 0.25) is 0 Å². The molecule has 0 spiro atoms. The van der Waals surface area contributed by atoms with Gasteiger partial charge in [-0.25, -0.2) is 0 Å². The minimum atomic E-state index is 0.0245. The Balaban J connectivity index is 1.90. The molecule has 2 nitrogen and oxygen atoms in total. The maximum Gasteiger partial charge on any atom is 0.127 e. The van der Waals surface area contributed by atoms with E-state index < -0.39 is 0 Å².